The van der Waals surface area contributed by atoms with E-state index in [0.717, 1.165) is 17.8 Å². The first kappa shape index (κ1) is 15.7. The van der Waals surface area contributed by atoms with Crippen molar-refractivity contribution in [3.63, 3.8) is 0 Å². The number of hydrogen-bond donors (Lipinski definition) is 1. The number of hydrogen-bond acceptors (Lipinski definition) is 2. The van der Waals surface area contributed by atoms with E-state index in [1.807, 2.05) is 70.5 Å². The van der Waals surface area contributed by atoms with Crippen LogP contribution in [0.15, 0.2) is 60.7 Å². The standard InChI is InChI=1S/C20H21N3O2/c24-18-13-20(15-23(18)17-9-5-2-6-10-17)11-12-22(14-20)19(25)21-16-7-3-1-4-8-16/h1-10H,11-15H2,(H,21,25)/t20-/m1/s1. The third kappa shape index (κ3) is 3.09. The molecule has 2 fully saturated rings. The number of carbonyl (C=O) groups is 2. The number of likely N-dealkylation sites (tertiary alicyclic amines) is 1. The predicted octanol–water partition coefficient (Wildman–Crippen LogP) is 3.35. The zero-order chi connectivity index (χ0) is 17.3. The molecule has 1 spiro atoms. The maximum Gasteiger partial charge on any atom is 0.321 e. The second-order valence-electron chi connectivity index (χ2n) is 6.96. The summed E-state index contributed by atoms with van der Waals surface area (Å²) in [5, 5.41) is 2.93. The van der Waals surface area contributed by atoms with Crippen molar-refractivity contribution < 1.29 is 9.59 Å². The highest BCUT2D eigenvalue weighted by Gasteiger charge is 2.48. The lowest BCUT2D eigenvalue weighted by atomic mass is 9.86. The lowest BCUT2D eigenvalue weighted by Gasteiger charge is -2.24. The first-order valence-corrected chi connectivity index (χ1v) is 8.62. The van der Waals surface area contributed by atoms with E-state index >= 15 is 0 Å². The summed E-state index contributed by atoms with van der Waals surface area (Å²) in [6.07, 6.45) is 1.38. The van der Waals surface area contributed by atoms with Crippen LogP contribution in [-0.4, -0.2) is 36.5 Å². The average molecular weight is 335 g/mol. The number of carbonyl (C=O) groups excluding carboxylic acids is 2. The molecule has 128 valence electrons. The Balaban J connectivity index is 1.43. The molecule has 0 unspecified atom stereocenters. The molecule has 2 aliphatic heterocycles. The Bertz CT molecular complexity index is 778. The number of benzene rings is 2. The summed E-state index contributed by atoms with van der Waals surface area (Å²) in [6, 6.07) is 19.1. The van der Waals surface area contributed by atoms with E-state index in [1.165, 1.54) is 0 Å². The second kappa shape index (κ2) is 6.24. The molecular formula is C20H21N3O2. The van der Waals surface area contributed by atoms with Gasteiger partial charge in [0.2, 0.25) is 5.91 Å². The summed E-state index contributed by atoms with van der Waals surface area (Å²) in [5.41, 5.74) is 1.61. The highest BCUT2D eigenvalue weighted by molar-refractivity contribution is 5.97. The lowest BCUT2D eigenvalue weighted by Crippen LogP contribution is -2.36. The fourth-order valence-electron chi connectivity index (χ4n) is 3.84. The number of anilines is 2. The van der Waals surface area contributed by atoms with Gasteiger partial charge in [0.15, 0.2) is 0 Å². The number of para-hydroxylation sites is 2. The van der Waals surface area contributed by atoms with Gasteiger partial charge >= 0.3 is 6.03 Å². The van der Waals surface area contributed by atoms with Gasteiger partial charge in [-0.05, 0) is 30.7 Å². The Hall–Kier alpha value is -2.82. The van der Waals surface area contributed by atoms with Gasteiger partial charge in [-0.25, -0.2) is 4.79 Å². The zero-order valence-electron chi connectivity index (χ0n) is 14.0. The van der Waals surface area contributed by atoms with E-state index in [2.05, 4.69) is 5.32 Å². The predicted molar refractivity (Wildman–Crippen MR) is 97.5 cm³/mol. The van der Waals surface area contributed by atoms with Crippen LogP contribution in [0, 0.1) is 5.41 Å². The number of amides is 3. The van der Waals surface area contributed by atoms with Gasteiger partial charge in [-0.1, -0.05) is 36.4 Å². The van der Waals surface area contributed by atoms with Gasteiger partial charge in [-0.3, -0.25) is 4.79 Å². The molecule has 5 heteroatoms. The van der Waals surface area contributed by atoms with E-state index < -0.39 is 0 Å². The van der Waals surface area contributed by atoms with E-state index in [9.17, 15) is 9.59 Å². The van der Waals surface area contributed by atoms with E-state index in [-0.39, 0.29) is 17.4 Å². The van der Waals surface area contributed by atoms with Gasteiger partial charge in [0, 0.05) is 42.8 Å². The molecule has 0 aliphatic carbocycles. The molecule has 2 aliphatic rings. The lowest BCUT2D eigenvalue weighted by molar-refractivity contribution is -0.117. The quantitative estimate of drug-likeness (QED) is 0.915. The minimum absolute atomic E-state index is 0.0892. The molecule has 25 heavy (non-hydrogen) atoms. The van der Waals surface area contributed by atoms with Crippen molar-refractivity contribution in [2.45, 2.75) is 12.8 Å². The minimum Gasteiger partial charge on any atom is -0.324 e. The van der Waals surface area contributed by atoms with Crippen molar-refractivity contribution in [1.82, 2.24) is 4.90 Å². The van der Waals surface area contributed by atoms with Crippen molar-refractivity contribution in [2.24, 2.45) is 5.41 Å². The Morgan fingerprint density at radius 1 is 0.960 bits per heavy atom. The maximum absolute atomic E-state index is 12.5. The summed E-state index contributed by atoms with van der Waals surface area (Å²) < 4.78 is 0. The molecule has 4 rings (SSSR count). The molecule has 2 heterocycles. The van der Waals surface area contributed by atoms with Crippen LogP contribution >= 0.6 is 0 Å². The number of nitrogens with zero attached hydrogens (tertiary/aromatic N) is 2. The molecule has 2 saturated heterocycles. The normalized spacial score (nSPS) is 22.6. The molecule has 0 bridgehead atoms. The molecule has 3 amide bonds. The van der Waals surface area contributed by atoms with Crippen molar-refractivity contribution in [3.05, 3.63) is 60.7 Å². The highest BCUT2D eigenvalue weighted by atomic mass is 16.2. The van der Waals surface area contributed by atoms with Gasteiger partial charge < -0.3 is 15.1 Å². The summed E-state index contributed by atoms with van der Waals surface area (Å²) in [7, 11) is 0. The fraction of sp³-hybridized carbons (Fsp3) is 0.300. The monoisotopic (exact) mass is 335 g/mol. The SMILES string of the molecule is O=C(Nc1ccccc1)N1CC[C@@]2(CC(=O)N(c3ccccc3)C2)C1. The molecule has 0 aromatic heterocycles. The smallest absolute Gasteiger partial charge is 0.321 e. The molecule has 1 atom stereocenters. The fourth-order valence-corrected chi connectivity index (χ4v) is 3.84. The Morgan fingerprint density at radius 2 is 1.64 bits per heavy atom. The van der Waals surface area contributed by atoms with Crippen LogP contribution in [0.5, 0.6) is 0 Å². The van der Waals surface area contributed by atoms with Crippen LogP contribution in [0.1, 0.15) is 12.8 Å². The van der Waals surface area contributed by atoms with Crippen LogP contribution in [0.25, 0.3) is 0 Å². The van der Waals surface area contributed by atoms with E-state index in [1.54, 1.807) is 0 Å². The van der Waals surface area contributed by atoms with E-state index in [4.69, 9.17) is 0 Å². The molecule has 0 radical (unpaired) electrons. The minimum atomic E-state index is -0.124. The Morgan fingerprint density at radius 3 is 2.36 bits per heavy atom. The molecule has 1 N–H and O–H groups in total. The summed E-state index contributed by atoms with van der Waals surface area (Å²) in [5.74, 6) is 0.150. The third-order valence-electron chi connectivity index (χ3n) is 5.14. The second-order valence-corrected chi connectivity index (χ2v) is 6.96. The van der Waals surface area contributed by atoms with Gasteiger partial charge in [0.25, 0.3) is 0 Å². The average Bonchev–Trinajstić information content (AvgIpc) is 3.20. The van der Waals surface area contributed by atoms with Gasteiger partial charge in [0.05, 0.1) is 0 Å². The molecule has 2 aromatic carbocycles. The summed E-state index contributed by atoms with van der Waals surface area (Å²) in [6.45, 7) is 2.00. The Labute approximate surface area is 147 Å². The van der Waals surface area contributed by atoms with Crippen molar-refractivity contribution in [2.75, 3.05) is 29.9 Å². The molecule has 0 saturated carbocycles. The largest absolute Gasteiger partial charge is 0.324 e. The van der Waals surface area contributed by atoms with Gasteiger partial charge in [0.1, 0.15) is 0 Å². The zero-order valence-corrected chi connectivity index (χ0v) is 14.0. The number of urea groups is 1. The van der Waals surface area contributed by atoms with Crippen LogP contribution in [0.3, 0.4) is 0 Å². The number of rotatable bonds is 2. The molecule has 2 aromatic rings. The van der Waals surface area contributed by atoms with Crippen LogP contribution in [-0.2, 0) is 4.79 Å². The highest BCUT2D eigenvalue weighted by Crippen LogP contribution is 2.41. The van der Waals surface area contributed by atoms with Crippen molar-refractivity contribution in [3.8, 4) is 0 Å². The first-order valence-electron chi connectivity index (χ1n) is 8.62. The first-order chi connectivity index (χ1) is 12.2. The van der Waals surface area contributed by atoms with Crippen molar-refractivity contribution >= 4 is 23.3 Å². The summed E-state index contributed by atoms with van der Waals surface area (Å²) >= 11 is 0. The molecule has 5 nitrogen and oxygen atoms in total. The van der Waals surface area contributed by atoms with Crippen LogP contribution < -0.4 is 10.2 Å². The topological polar surface area (TPSA) is 52.7 Å². The van der Waals surface area contributed by atoms with Crippen LogP contribution in [0.4, 0.5) is 16.2 Å². The third-order valence-corrected chi connectivity index (χ3v) is 5.14. The Kier molecular flexibility index (Phi) is 3.92. The molecular weight excluding hydrogens is 314 g/mol. The maximum atomic E-state index is 12.5. The van der Waals surface area contributed by atoms with Crippen LogP contribution in [0.2, 0.25) is 0 Å². The van der Waals surface area contributed by atoms with E-state index in [0.29, 0.717) is 26.1 Å². The van der Waals surface area contributed by atoms with Gasteiger partial charge in [-0.15, -0.1) is 0 Å². The van der Waals surface area contributed by atoms with Crippen molar-refractivity contribution in [1.29, 1.82) is 0 Å². The summed E-state index contributed by atoms with van der Waals surface area (Å²) in [4.78, 5) is 28.7. The van der Waals surface area contributed by atoms with Gasteiger partial charge in [-0.2, -0.15) is 0 Å². The number of nitrogens with one attached hydrogen (secondary N) is 1.